The largest absolute Gasteiger partial charge is 0.453 e. The van der Waals surface area contributed by atoms with E-state index in [0.717, 1.165) is 0 Å². The Kier molecular flexibility index (Phi) is 3.57. The number of rotatable bonds is 3. The van der Waals surface area contributed by atoms with Gasteiger partial charge in [0.05, 0.1) is 6.61 Å². The van der Waals surface area contributed by atoms with Crippen LogP contribution in [0.2, 0.25) is 0 Å². The minimum atomic E-state index is -4.56. The van der Waals surface area contributed by atoms with Crippen LogP contribution in [0, 0.1) is 0 Å². The molecule has 0 fully saturated rings. The fourth-order valence-electron chi connectivity index (χ4n) is 1.66. The molecular formula is C12H12F3N3O. The van der Waals surface area contributed by atoms with E-state index in [-0.39, 0.29) is 12.4 Å². The minimum absolute atomic E-state index is 0.117. The van der Waals surface area contributed by atoms with Gasteiger partial charge >= 0.3 is 6.18 Å². The molecular weight excluding hydrogens is 259 g/mol. The smallest absolute Gasteiger partial charge is 0.392 e. The van der Waals surface area contributed by atoms with Gasteiger partial charge in [-0.3, -0.25) is 0 Å². The molecule has 0 spiro atoms. The number of aromatic nitrogens is 3. The van der Waals surface area contributed by atoms with Crippen molar-refractivity contribution in [3.05, 3.63) is 35.7 Å². The first-order valence-corrected chi connectivity index (χ1v) is 5.68. The predicted octanol–water partition coefficient (Wildman–Crippen LogP) is 2.48. The number of aryl methyl sites for hydroxylation is 1. The van der Waals surface area contributed by atoms with Crippen LogP contribution in [0.5, 0.6) is 0 Å². The molecule has 0 radical (unpaired) electrons. The number of halogens is 3. The van der Waals surface area contributed by atoms with E-state index in [0.29, 0.717) is 17.7 Å². The van der Waals surface area contributed by atoms with E-state index in [2.05, 4.69) is 10.1 Å². The molecule has 0 unspecified atom stereocenters. The summed E-state index contributed by atoms with van der Waals surface area (Å²) in [6.07, 6.45) is -4.56. The zero-order chi connectivity index (χ0) is 14.0. The number of aliphatic hydroxyl groups excluding tert-OH is 1. The quantitative estimate of drug-likeness (QED) is 0.933. The zero-order valence-electron chi connectivity index (χ0n) is 10.1. The molecule has 19 heavy (non-hydrogen) atoms. The van der Waals surface area contributed by atoms with Gasteiger partial charge in [0.25, 0.3) is 5.82 Å². The summed E-state index contributed by atoms with van der Waals surface area (Å²) in [6.45, 7) is 1.87. The first-order valence-electron chi connectivity index (χ1n) is 5.68. The summed E-state index contributed by atoms with van der Waals surface area (Å²) < 4.78 is 38.9. The van der Waals surface area contributed by atoms with Gasteiger partial charge in [0, 0.05) is 12.1 Å². The number of alkyl halides is 3. The second-order valence-corrected chi connectivity index (χ2v) is 3.93. The van der Waals surface area contributed by atoms with Gasteiger partial charge in [-0.25, -0.2) is 9.67 Å². The standard InChI is InChI=1S/C12H12F3N3O/c1-2-18-10(16-11(17-18)12(13,14)15)9-5-3-8(7-19)4-6-9/h3-6,19H,2,7H2,1H3. The molecule has 0 aliphatic carbocycles. The lowest BCUT2D eigenvalue weighted by Gasteiger charge is -2.03. The van der Waals surface area contributed by atoms with E-state index in [1.54, 1.807) is 31.2 Å². The average molecular weight is 271 g/mol. The molecule has 7 heteroatoms. The summed E-state index contributed by atoms with van der Waals surface area (Å²) in [5, 5.41) is 12.4. The fourth-order valence-corrected chi connectivity index (χ4v) is 1.66. The molecule has 2 rings (SSSR count). The highest BCUT2D eigenvalue weighted by atomic mass is 19.4. The third kappa shape index (κ3) is 2.76. The third-order valence-corrected chi connectivity index (χ3v) is 2.62. The summed E-state index contributed by atoms with van der Waals surface area (Å²) in [4.78, 5) is 3.54. The Bertz CT molecular complexity index is 561. The zero-order valence-corrected chi connectivity index (χ0v) is 10.1. The van der Waals surface area contributed by atoms with Crippen LogP contribution in [0.4, 0.5) is 13.2 Å². The normalized spacial score (nSPS) is 11.8. The summed E-state index contributed by atoms with van der Waals surface area (Å²) in [5.74, 6) is -0.977. The van der Waals surface area contributed by atoms with Crippen molar-refractivity contribution >= 4 is 0 Å². The molecule has 4 nitrogen and oxygen atoms in total. The van der Waals surface area contributed by atoms with Gasteiger partial charge in [0.2, 0.25) is 0 Å². The molecule has 1 aromatic heterocycles. The van der Waals surface area contributed by atoms with E-state index >= 15 is 0 Å². The van der Waals surface area contributed by atoms with Crippen LogP contribution in [-0.2, 0) is 19.3 Å². The summed E-state index contributed by atoms with van der Waals surface area (Å²) in [7, 11) is 0. The summed E-state index contributed by atoms with van der Waals surface area (Å²) in [5.41, 5.74) is 1.21. The van der Waals surface area contributed by atoms with Gasteiger partial charge in [0.1, 0.15) is 0 Å². The van der Waals surface area contributed by atoms with Crippen molar-refractivity contribution in [3.63, 3.8) is 0 Å². The van der Waals surface area contributed by atoms with Crippen LogP contribution in [0.3, 0.4) is 0 Å². The maximum atomic E-state index is 12.6. The van der Waals surface area contributed by atoms with Gasteiger partial charge in [-0.05, 0) is 12.5 Å². The lowest BCUT2D eigenvalue weighted by atomic mass is 10.1. The lowest BCUT2D eigenvalue weighted by Crippen LogP contribution is -2.08. The molecule has 0 bridgehead atoms. The van der Waals surface area contributed by atoms with Gasteiger partial charge in [-0.15, -0.1) is 5.10 Å². The maximum absolute atomic E-state index is 12.6. The average Bonchev–Trinajstić information content (AvgIpc) is 2.83. The van der Waals surface area contributed by atoms with Crippen LogP contribution >= 0.6 is 0 Å². The second-order valence-electron chi connectivity index (χ2n) is 3.93. The lowest BCUT2D eigenvalue weighted by molar-refractivity contribution is -0.144. The third-order valence-electron chi connectivity index (χ3n) is 2.62. The Balaban J connectivity index is 2.45. The number of aliphatic hydroxyl groups is 1. The molecule has 1 heterocycles. The van der Waals surface area contributed by atoms with Crippen LogP contribution < -0.4 is 0 Å². The van der Waals surface area contributed by atoms with Crippen molar-refractivity contribution in [1.29, 1.82) is 0 Å². The number of benzene rings is 1. The van der Waals surface area contributed by atoms with Crippen molar-refractivity contribution in [3.8, 4) is 11.4 Å². The van der Waals surface area contributed by atoms with Crippen molar-refractivity contribution in [1.82, 2.24) is 14.8 Å². The Labute approximate surface area is 107 Å². The molecule has 1 aromatic carbocycles. The van der Waals surface area contributed by atoms with E-state index < -0.39 is 12.0 Å². The highest BCUT2D eigenvalue weighted by molar-refractivity contribution is 5.55. The van der Waals surface area contributed by atoms with Gasteiger partial charge < -0.3 is 5.11 Å². The van der Waals surface area contributed by atoms with Crippen LogP contribution in [0.15, 0.2) is 24.3 Å². The topological polar surface area (TPSA) is 50.9 Å². The first kappa shape index (κ1) is 13.5. The molecule has 0 atom stereocenters. The Hall–Kier alpha value is -1.89. The Morgan fingerprint density at radius 1 is 1.21 bits per heavy atom. The van der Waals surface area contributed by atoms with Crippen molar-refractivity contribution in [2.24, 2.45) is 0 Å². The Morgan fingerprint density at radius 3 is 2.32 bits per heavy atom. The molecule has 0 amide bonds. The SMILES string of the molecule is CCn1nc(C(F)(F)F)nc1-c1ccc(CO)cc1. The maximum Gasteiger partial charge on any atom is 0.453 e. The van der Waals surface area contributed by atoms with E-state index in [4.69, 9.17) is 5.11 Å². The van der Waals surface area contributed by atoms with E-state index in [9.17, 15) is 13.2 Å². The van der Waals surface area contributed by atoms with Gasteiger partial charge in [0.15, 0.2) is 5.82 Å². The molecule has 2 aromatic rings. The Morgan fingerprint density at radius 2 is 1.84 bits per heavy atom. The first-order chi connectivity index (χ1) is 8.95. The summed E-state index contributed by atoms with van der Waals surface area (Å²) in [6, 6.07) is 6.50. The van der Waals surface area contributed by atoms with Crippen LogP contribution in [0.25, 0.3) is 11.4 Å². The van der Waals surface area contributed by atoms with Crippen LogP contribution in [0.1, 0.15) is 18.3 Å². The summed E-state index contributed by atoms with van der Waals surface area (Å²) >= 11 is 0. The highest BCUT2D eigenvalue weighted by Crippen LogP contribution is 2.28. The number of hydrogen-bond donors (Lipinski definition) is 1. The molecule has 0 saturated heterocycles. The highest BCUT2D eigenvalue weighted by Gasteiger charge is 2.37. The van der Waals surface area contributed by atoms with Crippen molar-refractivity contribution < 1.29 is 18.3 Å². The van der Waals surface area contributed by atoms with Gasteiger partial charge in [-0.2, -0.15) is 13.2 Å². The van der Waals surface area contributed by atoms with E-state index in [1.807, 2.05) is 0 Å². The second kappa shape index (κ2) is 5.00. The van der Waals surface area contributed by atoms with E-state index in [1.165, 1.54) is 4.68 Å². The van der Waals surface area contributed by atoms with Crippen molar-refractivity contribution in [2.45, 2.75) is 26.3 Å². The predicted molar refractivity (Wildman–Crippen MR) is 62.1 cm³/mol. The molecule has 0 aliphatic heterocycles. The molecule has 0 aliphatic rings. The monoisotopic (exact) mass is 271 g/mol. The van der Waals surface area contributed by atoms with Crippen molar-refractivity contribution in [2.75, 3.05) is 0 Å². The number of nitrogens with zero attached hydrogens (tertiary/aromatic N) is 3. The van der Waals surface area contributed by atoms with Crippen LogP contribution in [-0.4, -0.2) is 19.9 Å². The minimum Gasteiger partial charge on any atom is -0.392 e. The molecule has 0 saturated carbocycles. The molecule has 102 valence electrons. The number of hydrogen-bond acceptors (Lipinski definition) is 3. The fraction of sp³-hybridized carbons (Fsp3) is 0.333. The molecule has 1 N–H and O–H groups in total. The van der Waals surface area contributed by atoms with Gasteiger partial charge in [-0.1, -0.05) is 24.3 Å².